The van der Waals surface area contributed by atoms with Crippen molar-refractivity contribution >= 4 is 11.9 Å². The van der Waals surface area contributed by atoms with Gasteiger partial charge in [-0.3, -0.25) is 9.59 Å². The van der Waals surface area contributed by atoms with Gasteiger partial charge in [0.1, 0.15) is 42.7 Å². The number of carbonyl (C=O) groups is 2. The van der Waals surface area contributed by atoms with Crippen LogP contribution in [0.15, 0.2) is 11.6 Å². The Labute approximate surface area is 323 Å². The summed E-state index contributed by atoms with van der Waals surface area (Å²) in [6.45, 7) is 12.2. The molecule has 7 rings (SSSR count). The molecule has 0 bridgehead atoms. The predicted octanol–water partition coefficient (Wildman–Crippen LogP) is 1.88. The lowest BCUT2D eigenvalue weighted by Crippen LogP contribution is -2.68. The Bertz CT molecular complexity index is 1520. The number of aliphatic carboxylic acids is 1. The molecule has 6 fully saturated rings. The number of carboxylic acids is 1. The standard InChI is InChI=1S/C41H64O14/c1-19-9-14-40(36(51)55-34-32(48)30(46)29(45)23(17-42)53-34)15-16-41(35(49)50)21(27(40)20(19)2)7-8-25-38(5)12-11-26(37(3,4)24(38)10-13-39(25,41)6)54-33-31(47)28(44)22(43)18-52-33/h7,19-20,22-34,42-48H,8-18H2,1-6H3,(H,49,50)/t19-,20+,22-,23-,24?,25?,26+,27?,28+,29-,30+,31-,32-,33?,34+,38+,39-,40+,41-/m1/s1. The van der Waals surface area contributed by atoms with E-state index in [0.717, 1.165) is 24.8 Å². The number of carboxylic acid groups (broad SMARTS) is 1. The van der Waals surface area contributed by atoms with Crippen LogP contribution < -0.4 is 0 Å². The molecule has 19 atom stereocenters. The van der Waals surface area contributed by atoms with E-state index in [0.29, 0.717) is 25.7 Å². The molecule has 312 valence electrons. The molecule has 2 saturated heterocycles. The molecule has 4 unspecified atom stereocenters. The fourth-order valence-corrected chi connectivity index (χ4v) is 13.6. The first-order chi connectivity index (χ1) is 25.7. The molecule has 5 aliphatic carbocycles. The van der Waals surface area contributed by atoms with Gasteiger partial charge in [-0.2, -0.15) is 0 Å². The molecule has 7 aliphatic rings. The fourth-order valence-electron chi connectivity index (χ4n) is 13.6. The largest absolute Gasteiger partial charge is 0.481 e. The average Bonchev–Trinajstić information content (AvgIpc) is 3.13. The van der Waals surface area contributed by atoms with Crippen molar-refractivity contribution in [3.63, 3.8) is 0 Å². The Hall–Kier alpha value is -1.72. The van der Waals surface area contributed by atoms with E-state index >= 15 is 0 Å². The molecule has 4 saturated carbocycles. The van der Waals surface area contributed by atoms with Crippen molar-refractivity contribution in [2.45, 2.75) is 161 Å². The average molecular weight is 781 g/mol. The monoisotopic (exact) mass is 780 g/mol. The minimum atomic E-state index is -1.74. The van der Waals surface area contributed by atoms with Crippen molar-refractivity contribution in [2.75, 3.05) is 13.2 Å². The molecule has 0 aromatic heterocycles. The molecule has 0 spiro atoms. The van der Waals surface area contributed by atoms with Gasteiger partial charge >= 0.3 is 11.9 Å². The van der Waals surface area contributed by atoms with Gasteiger partial charge in [-0.15, -0.1) is 0 Å². The summed E-state index contributed by atoms with van der Waals surface area (Å²) in [5.41, 5.74) is -2.90. The van der Waals surface area contributed by atoms with E-state index in [9.17, 15) is 50.4 Å². The molecule has 0 aromatic carbocycles. The number of aliphatic hydroxyl groups is 7. The number of allylic oxidation sites excluding steroid dienone is 1. The Kier molecular flexibility index (Phi) is 10.7. The molecule has 14 nitrogen and oxygen atoms in total. The second-order valence-electron chi connectivity index (χ2n) is 19.5. The zero-order chi connectivity index (χ0) is 40.2. The van der Waals surface area contributed by atoms with Crippen LogP contribution >= 0.6 is 0 Å². The van der Waals surface area contributed by atoms with Crippen molar-refractivity contribution in [1.29, 1.82) is 0 Å². The molecule has 0 amide bonds. The first kappa shape index (κ1) is 41.4. The van der Waals surface area contributed by atoms with Gasteiger partial charge in [0.2, 0.25) is 6.29 Å². The Balaban J connectivity index is 1.21. The van der Waals surface area contributed by atoms with Crippen molar-refractivity contribution < 1.29 is 69.4 Å². The lowest BCUT2D eigenvalue weighted by molar-refractivity contribution is -0.308. The van der Waals surface area contributed by atoms with Crippen molar-refractivity contribution in [1.82, 2.24) is 0 Å². The fraction of sp³-hybridized carbons (Fsp3) is 0.902. The lowest BCUT2D eigenvalue weighted by atomic mass is 9.33. The summed E-state index contributed by atoms with van der Waals surface area (Å²) in [5.74, 6) is -1.71. The Morgan fingerprint density at radius 3 is 2.18 bits per heavy atom. The van der Waals surface area contributed by atoms with Gasteiger partial charge in [0, 0.05) is 0 Å². The van der Waals surface area contributed by atoms with E-state index in [1.807, 2.05) is 0 Å². The number of fused-ring (bicyclic) bond motifs is 7. The van der Waals surface area contributed by atoms with Gasteiger partial charge in [0.25, 0.3) is 0 Å². The summed E-state index contributed by atoms with van der Waals surface area (Å²) in [5, 5.41) is 83.9. The van der Waals surface area contributed by atoms with Crippen LogP contribution in [0.1, 0.15) is 99.3 Å². The first-order valence-corrected chi connectivity index (χ1v) is 20.5. The van der Waals surface area contributed by atoms with Gasteiger partial charge in [-0.25, -0.2) is 0 Å². The van der Waals surface area contributed by atoms with E-state index in [2.05, 4.69) is 47.6 Å². The van der Waals surface area contributed by atoms with Crippen LogP contribution in [0.3, 0.4) is 0 Å². The molecule has 2 heterocycles. The topological polar surface area (TPSA) is 233 Å². The minimum absolute atomic E-state index is 0.00259. The van der Waals surface area contributed by atoms with E-state index < -0.39 is 101 Å². The maximum atomic E-state index is 14.6. The molecule has 0 radical (unpaired) electrons. The van der Waals surface area contributed by atoms with Crippen LogP contribution in [-0.2, 0) is 28.5 Å². The number of esters is 1. The predicted molar refractivity (Wildman–Crippen MR) is 193 cm³/mol. The van der Waals surface area contributed by atoms with Gasteiger partial charge in [-0.1, -0.05) is 53.2 Å². The third-order valence-corrected chi connectivity index (χ3v) is 17.0. The molecule has 8 N–H and O–H groups in total. The quantitative estimate of drug-likeness (QED) is 0.109. The van der Waals surface area contributed by atoms with Gasteiger partial charge in [-0.05, 0) is 104 Å². The van der Waals surface area contributed by atoms with E-state index in [4.69, 9.17) is 18.9 Å². The zero-order valence-corrected chi connectivity index (χ0v) is 33.0. The number of carbonyl (C=O) groups excluding carboxylic acids is 1. The van der Waals surface area contributed by atoms with Crippen LogP contribution in [0.5, 0.6) is 0 Å². The lowest BCUT2D eigenvalue weighted by Gasteiger charge is -2.70. The number of hydrogen-bond acceptors (Lipinski definition) is 13. The van der Waals surface area contributed by atoms with Crippen molar-refractivity contribution in [3.8, 4) is 0 Å². The van der Waals surface area contributed by atoms with Gasteiger partial charge in [0.15, 0.2) is 6.29 Å². The smallest absolute Gasteiger partial charge is 0.315 e. The number of ether oxygens (including phenoxy) is 4. The highest BCUT2D eigenvalue weighted by Gasteiger charge is 2.74. The highest BCUT2D eigenvalue weighted by molar-refractivity contribution is 5.85. The van der Waals surface area contributed by atoms with Gasteiger partial charge < -0.3 is 59.8 Å². The normalized spacial score (nSPS) is 53.4. The van der Waals surface area contributed by atoms with Crippen LogP contribution in [0.4, 0.5) is 0 Å². The number of aliphatic hydroxyl groups excluding tert-OH is 7. The molecule has 14 heteroatoms. The minimum Gasteiger partial charge on any atom is -0.481 e. The number of rotatable bonds is 6. The van der Waals surface area contributed by atoms with E-state index in [1.165, 1.54) is 0 Å². The SMILES string of the molecule is C[C@@H]1CC[C@]2(C(=O)O[C@@H]3O[C@H](CO)[C@@H](O)[C@H](O)[C@H]3O)CC[C@]3(C(=O)O)C(=CCC4[C@@]5(C)CC[C@H](OC6OC[C@@H](O)[C@H](O)[C@H]6O)C(C)(C)C5CC[C@]43C)C2[C@H]1C. The van der Waals surface area contributed by atoms with Crippen LogP contribution in [0.25, 0.3) is 0 Å². The van der Waals surface area contributed by atoms with Gasteiger partial charge in [0.05, 0.1) is 30.1 Å². The third-order valence-electron chi connectivity index (χ3n) is 17.0. The Morgan fingerprint density at radius 2 is 1.51 bits per heavy atom. The second-order valence-corrected chi connectivity index (χ2v) is 19.5. The van der Waals surface area contributed by atoms with E-state index in [-0.39, 0.29) is 54.6 Å². The molecule has 2 aliphatic heterocycles. The van der Waals surface area contributed by atoms with Crippen LogP contribution in [-0.4, -0.2) is 127 Å². The molecule has 55 heavy (non-hydrogen) atoms. The summed E-state index contributed by atoms with van der Waals surface area (Å²) < 4.78 is 23.6. The third kappa shape index (κ3) is 5.85. The van der Waals surface area contributed by atoms with Crippen LogP contribution in [0, 0.1) is 56.7 Å². The molecule has 0 aromatic rings. The number of hydrogen-bond donors (Lipinski definition) is 8. The summed E-state index contributed by atoms with van der Waals surface area (Å²) in [6.07, 6.45) is -6.06. The highest BCUT2D eigenvalue weighted by Crippen LogP contribution is 2.76. The van der Waals surface area contributed by atoms with Crippen molar-refractivity contribution in [2.24, 2.45) is 56.7 Å². The molecular weight excluding hydrogens is 716 g/mol. The van der Waals surface area contributed by atoms with E-state index in [1.54, 1.807) is 0 Å². The Morgan fingerprint density at radius 1 is 0.818 bits per heavy atom. The van der Waals surface area contributed by atoms with Crippen molar-refractivity contribution in [3.05, 3.63) is 11.6 Å². The van der Waals surface area contributed by atoms with Crippen LogP contribution in [0.2, 0.25) is 0 Å². The summed E-state index contributed by atoms with van der Waals surface area (Å²) in [4.78, 5) is 28.8. The summed E-state index contributed by atoms with van der Waals surface area (Å²) in [6, 6.07) is 0. The maximum Gasteiger partial charge on any atom is 0.315 e. The second kappa shape index (κ2) is 14.2. The zero-order valence-electron chi connectivity index (χ0n) is 33.0. The highest BCUT2D eigenvalue weighted by atomic mass is 16.7. The first-order valence-electron chi connectivity index (χ1n) is 20.5. The maximum absolute atomic E-state index is 14.6. The summed E-state index contributed by atoms with van der Waals surface area (Å²) >= 11 is 0. The summed E-state index contributed by atoms with van der Waals surface area (Å²) in [7, 11) is 0. The molecular formula is C41H64O14.